The highest BCUT2D eigenvalue weighted by Gasteiger charge is 2.41. The number of aryl methyl sites for hydroxylation is 3. The SMILES string of the molecule is Cc1cccc(NC(=O)CCN2C(=S)N[C@@H](c3ccccn3)[C@@H]2c2cc(C)n(-c3ccccc3C)c2C)c1. The van der Waals surface area contributed by atoms with Crippen molar-refractivity contribution in [3.8, 4) is 5.69 Å². The van der Waals surface area contributed by atoms with Crippen molar-refractivity contribution in [3.63, 3.8) is 0 Å². The Labute approximate surface area is 229 Å². The largest absolute Gasteiger partial charge is 0.352 e. The van der Waals surface area contributed by atoms with Crippen LogP contribution in [0.5, 0.6) is 0 Å². The van der Waals surface area contributed by atoms with E-state index in [-0.39, 0.29) is 18.0 Å². The molecule has 0 unspecified atom stereocenters. The number of thiocarbonyl (C=S) groups is 1. The minimum absolute atomic E-state index is 0.0381. The molecule has 2 N–H and O–H groups in total. The van der Waals surface area contributed by atoms with E-state index in [2.05, 4.69) is 76.2 Å². The van der Waals surface area contributed by atoms with E-state index in [1.165, 1.54) is 16.8 Å². The number of rotatable bonds is 7. The van der Waals surface area contributed by atoms with Crippen LogP contribution < -0.4 is 10.6 Å². The standard InChI is InChI=1S/C31H33N5OS/c1-20-10-9-12-24(18-20)33-28(37)15-17-35-30(29(34-31(35)38)26-13-7-8-16-32-26)25-19-22(3)36(23(25)4)27-14-6-5-11-21(27)2/h5-14,16,18-19,29-30H,15,17H2,1-4H3,(H,33,37)(H,34,38)/t29-,30-/m0/s1. The summed E-state index contributed by atoms with van der Waals surface area (Å²) in [6.07, 6.45) is 2.13. The zero-order chi connectivity index (χ0) is 26.8. The molecule has 0 radical (unpaired) electrons. The fourth-order valence-corrected chi connectivity index (χ4v) is 5.76. The first-order valence-corrected chi connectivity index (χ1v) is 13.3. The third-order valence-electron chi connectivity index (χ3n) is 7.22. The molecule has 7 heteroatoms. The molecule has 1 aliphatic heterocycles. The number of aromatic nitrogens is 2. The highest BCUT2D eigenvalue weighted by atomic mass is 32.1. The Kier molecular flexibility index (Phi) is 7.29. The van der Waals surface area contributed by atoms with E-state index in [1.54, 1.807) is 0 Å². The third kappa shape index (κ3) is 5.07. The van der Waals surface area contributed by atoms with E-state index >= 15 is 0 Å². The minimum atomic E-state index is -0.130. The van der Waals surface area contributed by atoms with Gasteiger partial charge >= 0.3 is 0 Å². The number of carbonyl (C=O) groups is 1. The van der Waals surface area contributed by atoms with Gasteiger partial charge in [0.05, 0.1) is 17.8 Å². The van der Waals surface area contributed by atoms with Crippen molar-refractivity contribution in [2.24, 2.45) is 0 Å². The Hall–Kier alpha value is -3.97. The Morgan fingerprint density at radius 1 is 1.00 bits per heavy atom. The van der Waals surface area contributed by atoms with Crippen LogP contribution in [0.4, 0.5) is 5.69 Å². The van der Waals surface area contributed by atoms with E-state index in [0.717, 1.165) is 28.3 Å². The maximum Gasteiger partial charge on any atom is 0.226 e. The average Bonchev–Trinajstić information content (AvgIpc) is 3.38. The summed E-state index contributed by atoms with van der Waals surface area (Å²) in [6, 6.07) is 24.2. The van der Waals surface area contributed by atoms with Crippen molar-refractivity contribution in [3.05, 3.63) is 113 Å². The van der Waals surface area contributed by atoms with Crippen LogP contribution in [0.15, 0.2) is 79.0 Å². The number of carbonyl (C=O) groups excluding carboxylic acids is 1. The summed E-state index contributed by atoms with van der Waals surface area (Å²) in [6.45, 7) is 8.94. The average molecular weight is 524 g/mol. The Morgan fingerprint density at radius 3 is 2.53 bits per heavy atom. The van der Waals surface area contributed by atoms with Crippen LogP contribution >= 0.6 is 12.2 Å². The maximum atomic E-state index is 12.9. The number of hydrogen-bond donors (Lipinski definition) is 2. The van der Waals surface area contributed by atoms with Gasteiger partial charge in [-0.25, -0.2) is 0 Å². The number of amides is 1. The molecule has 1 aliphatic rings. The van der Waals surface area contributed by atoms with E-state index in [9.17, 15) is 4.79 Å². The van der Waals surface area contributed by atoms with Crippen molar-refractivity contribution in [1.82, 2.24) is 19.8 Å². The summed E-state index contributed by atoms with van der Waals surface area (Å²) < 4.78 is 2.31. The zero-order valence-corrected chi connectivity index (χ0v) is 23.0. The molecule has 2 atom stereocenters. The summed E-state index contributed by atoms with van der Waals surface area (Å²) in [5.41, 5.74) is 8.70. The Bertz CT molecular complexity index is 1480. The summed E-state index contributed by atoms with van der Waals surface area (Å²) >= 11 is 5.84. The minimum Gasteiger partial charge on any atom is -0.352 e. The lowest BCUT2D eigenvalue weighted by Gasteiger charge is -2.28. The van der Waals surface area contributed by atoms with Crippen LogP contribution in [0.1, 0.15) is 52.3 Å². The second-order valence-corrected chi connectivity index (χ2v) is 10.3. The van der Waals surface area contributed by atoms with Gasteiger partial charge in [0, 0.05) is 41.9 Å². The summed E-state index contributed by atoms with van der Waals surface area (Å²) in [7, 11) is 0. The smallest absolute Gasteiger partial charge is 0.226 e. The van der Waals surface area contributed by atoms with Gasteiger partial charge in [0.25, 0.3) is 0 Å². The van der Waals surface area contributed by atoms with Gasteiger partial charge in [0.1, 0.15) is 0 Å². The van der Waals surface area contributed by atoms with Gasteiger partial charge in [-0.05, 0) is 93.0 Å². The molecule has 2 aromatic heterocycles. The monoisotopic (exact) mass is 523 g/mol. The molecule has 1 fully saturated rings. The van der Waals surface area contributed by atoms with Gasteiger partial charge in [0.15, 0.2) is 5.11 Å². The van der Waals surface area contributed by atoms with Crippen LogP contribution in [0, 0.1) is 27.7 Å². The molecule has 1 amide bonds. The summed E-state index contributed by atoms with van der Waals surface area (Å²) in [5.74, 6) is -0.0381. The van der Waals surface area contributed by atoms with Crippen molar-refractivity contribution in [2.45, 2.75) is 46.2 Å². The number of anilines is 1. The molecular formula is C31H33N5OS. The van der Waals surface area contributed by atoms with E-state index in [1.807, 2.05) is 55.6 Å². The highest BCUT2D eigenvalue weighted by molar-refractivity contribution is 7.80. The Morgan fingerprint density at radius 2 is 1.79 bits per heavy atom. The number of hydrogen-bond acceptors (Lipinski definition) is 3. The van der Waals surface area contributed by atoms with E-state index in [4.69, 9.17) is 12.2 Å². The van der Waals surface area contributed by atoms with E-state index in [0.29, 0.717) is 18.1 Å². The molecular weight excluding hydrogens is 490 g/mol. The van der Waals surface area contributed by atoms with Crippen molar-refractivity contribution in [1.29, 1.82) is 0 Å². The fourth-order valence-electron chi connectivity index (χ4n) is 5.43. The lowest BCUT2D eigenvalue weighted by atomic mass is 9.96. The van der Waals surface area contributed by atoms with Gasteiger partial charge in [-0.2, -0.15) is 0 Å². The lowest BCUT2D eigenvalue weighted by molar-refractivity contribution is -0.116. The first kappa shape index (κ1) is 25.7. The summed E-state index contributed by atoms with van der Waals surface area (Å²) in [5, 5.41) is 7.17. The number of benzene rings is 2. The van der Waals surface area contributed by atoms with Crippen LogP contribution in [0.3, 0.4) is 0 Å². The lowest BCUT2D eigenvalue weighted by Crippen LogP contribution is -2.32. The molecule has 0 spiro atoms. The second kappa shape index (κ2) is 10.8. The van der Waals surface area contributed by atoms with Crippen LogP contribution in [-0.2, 0) is 4.79 Å². The fraction of sp³-hybridized carbons (Fsp3) is 0.258. The zero-order valence-electron chi connectivity index (χ0n) is 22.2. The maximum absolute atomic E-state index is 12.9. The highest BCUT2D eigenvalue weighted by Crippen LogP contribution is 2.41. The predicted molar refractivity (Wildman–Crippen MR) is 157 cm³/mol. The van der Waals surface area contributed by atoms with Gasteiger partial charge in [-0.1, -0.05) is 36.4 Å². The predicted octanol–water partition coefficient (Wildman–Crippen LogP) is 6.11. The molecule has 0 saturated carbocycles. The van der Waals surface area contributed by atoms with Gasteiger partial charge < -0.3 is 20.1 Å². The van der Waals surface area contributed by atoms with Crippen LogP contribution in [0.2, 0.25) is 0 Å². The van der Waals surface area contributed by atoms with Gasteiger partial charge in [-0.15, -0.1) is 0 Å². The third-order valence-corrected chi connectivity index (χ3v) is 7.58. The number of para-hydroxylation sites is 1. The van der Waals surface area contributed by atoms with Gasteiger partial charge in [0.2, 0.25) is 5.91 Å². The Balaban J connectivity index is 1.48. The second-order valence-electron chi connectivity index (χ2n) is 9.94. The molecule has 6 nitrogen and oxygen atoms in total. The topological polar surface area (TPSA) is 62.2 Å². The van der Waals surface area contributed by atoms with Crippen molar-refractivity contribution < 1.29 is 4.79 Å². The number of nitrogens with zero attached hydrogens (tertiary/aromatic N) is 3. The van der Waals surface area contributed by atoms with Crippen LogP contribution in [0.25, 0.3) is 5.69 Å². The first-order valence-electron chi connectivity index (χ1n) is 12.9. The molecule has 4 aromatic rings. The molecule has 5 rings (SSSR count). The molecule has 0 bridgehead atoms. The first-order chi connectivity index (χ1) is 18.3. The number of nitrogens with one attached hydrogen (secondary N) is 2. The van der Waals surface area contributed by atoms with Crippen molar-refractivity contribution >= 4 is 28.9 Å². The molecule has 0 aliphatic carbocycles. The van der Waals surface area contributed by atoms with Crippen LogP contribution in [-0.4, -0.2) is 32.0 Å². The summed E-state index contributed by atoms with van der Waals surface area (Å²) in [4.78, 5) is 19.7. The molecule has 3 heterocycles. The van der Waals surface area contributed by atoms with Crippen molar-refractivity contribution in [2.75, 3.05) is 11.9 Å². The van der Waals surface area contributed by atoms with E-state index < -0.39 is 0 Å². The van der Waals surface area contributed by atoms with Gasteiger partial charge in [-0.3, -0.25) is 9.78 Å². The molecule has 38 heavy (non-hydrogen) atoms. The molecule has 1 saturated heterocycles. The quantitative estimate of drug-likeness (QED) is 0.286. The molecule has 2 aromatic carbocycles. The number of pyridine rings is 1. The molecule has 194 valence electrons. The normalized spacial score (nSPS) is 16.9.